The molecule has 0 saturated carbocycles. The Hall–Kier alpha value is -1.25. The van der Waals surface area contributed by atoms with Crippen LogP contribution >= 0.6 is 0 Å². The third-order valence-corrected chi connectivity index (χ3v) is 0.757. The smallest absolute Gasteiger partial charge is 0.0993 e. The van der Waals surface area contributed by atoms with Crippen molar-refractivity contribution in [2.45, 2.75) is 0 Å². The van der Waals surface area contributed by atoms with Gasteiger partial charge in [-0.05, 0) is 6.07 Å². The second kappa shape index (κ2) is 1.69. The lowest BCUT2D eigenvalue weighted by atomic mass is 10.4. The van der Waals surface area contributed by atoms with Crippen molar-refractivity contribution in [3.63, 3.8) is 0 Å². The van der Waals surface area contributed by atoms with Crippen molar-refractivity contribution in [1.82, 2.24) is 0 Å². The molecule has 3 nitrogen and oxygen atoms in total. The molecular weight excluding hydrogens is 108 g/mol. The number of carboxylic acids is 1. The molecule has 1 rings (SSSR count). The number of carboxylic acid groups (broad SMARTS) is 1. The van der Waals surface area contributed by atoms with Gasteiger partial charge in [0, 0.05) is 5.56 Å². The molecule has 1 aromatic rings. The lowest BCUT2D eigenvalue weighted by Crippen LogP contribution is -2.21. The molecule has 0 spiro atoms. The molecule has 0 aromatic carbocycles. The predicted molar refractivity (Wildman–Crippen MR) is 23.0 cm³/mol. The highest BCUT2D eigenvalue weighted by Gasteiger charge is 1.89. The van der Waals surface area contributed by atoms with Crippen LogP contribution in [0.4, 0.5) is 0 Å². The van der Waals surface area contributed by atoms with Gasteiger partial charge in [0.05, 0.1) is 18.5 Å². The molecular formula is C5H3O3-. The number of aromatic carboxylic acids is 1. The second-order valence-electron chi connectivity index (χ2n) is 1.30. The maximum Gasteiger partial charge on any atom is 0.0993 e. The van der Waals surface area contributed by atoms with Crippen LogP contribution in [0, 0.1) is 0 Å². The van der Waals surface area contributed by atoms with E-state index in [4.69, 9.17) is 0 Å². The van der Waals surface area contributed by atoms with Crippen molar-refractivity contribution in [3.05, 3.63) is 24.2 Å². The van der Waals surface area contributed by atoms with E-state index in [0.717, 1.165) is 6.26 Å². The fourth-order valence-electron chi connectivity index (χ4n) is 0.381. The van der Waals surface area contributed by atoms with Crippen LogP contribution in [0.25, 0.3) is 0 Å². The molecule has 0 saturated heterocycles. The Labute approximate surface area is 45.5 Å². The standard InChI is InChI=1S/C5H4O3/c6-5(7)4-1-2-8-3-4/h1-3H,(H,6,7)/p-1. The molecule has 1 heterocycles. The largest absolute Gasteiger partial charge is 0.545 e. The first kappa shape index (κ1) is 4.90. The van der Waals surface area contributed by atoms with Crippen molar-refractivity contribution in [3.8, 4) is 0 Å². The van der Waals surface area contributed by atoms with Gasteiger partial charge in [0.2, 0.25) is 0 Å². The molecule has 0 N–H and O–H groups in total. The summed E-state index contributed by atoms with van der Waals surface area (Å²) in [7, 11) is 0. The summed E-state index contributed by atoms with van der Waals surface area (Å²) in [6.07, 6.45) is 2.40. The number of carbonyl (C=O) groups is 1. The average Bonchev–Trinajstić information content (AvgIpc) is 2.12. The van der Waals surface area contributed by atoms with E-state index in [9.17, 15) is 9.90 Å². The first-order chi connectivity index (χ1) is 3.80. The molecule has 0 aliphatic rings. The van der Waals surface area contributed by atoms with Crippen molar-refractivity contribution in [1.29, 1.82) is 0 Å². The third kappa shape index (κ3) is 0.703. The van der Waals surface area contributed by atoms with E-state index in [1.54, 1.807) is 0 Å². The number of rotatable bonds is 1. The van der Waals surface area contributed by atoms with Crippen LogP contribution in [0.5, 0.6) is 0 Å². The summed E-state index contributed by atoms with van der Waals surface area (Å²) >= 11 is 0. The molecule has 0 bridgehead atoms. The molecule has 0 aliphatic carbocycles. The van der Waals surface area contributed by atoms with E-state index in [-0.39, 0.29) is 5.56 Å². The van der Waals surface area contributed by atoms with Gasteiger partial charge in [0.15, 0.2) is 0 Å². The highest BCUT2D eigenvalue weighted by atomic mass is 16.4. The molecule has 0 atom stereocenters. The van der Waals surface area contributed by atoms with E-state index in [2.05, 4.69) is 4.42 Å². The zero-order valence-electron chi connectivity index (χ0n) is 3.96. The van der Waals surface area contributed by atoms with E-state index in [0.29, 0.717) is 0 Å². The van der Waals surface area contributed by atoms with Gasteiger partial charge in [-0.2, -0.15) is 0 Å². The normalized spacial score (nSPS) is 9.00. The monoisotopic (exact) mass is 111 g/mol. The molecule has 3 heteroatoms. The highest BCUT2D eigenvalue weighted by molar-refractivity contribution is 5.84. The lowest BCUT2D eigenvalue weighted by molar-refractivity contribution is -0.255. The van der Waals surface area contributed by atoms with E-state index in [1.807, 2.05) is 0 Å². The van der Waals surface area contributed by atoms with E-state index in [1.165, 1.54) is 12.3 Å². The first-order valence-electron chi connectivity index (χ1n) is 2.04. The SMILES string of the molecule is O=C([O-])c1ccoc1. The molecule has 0 fully saturated rings. The molecule has 0 aliphatic heterocycles. The van der Waals surface area contributed by atoms with Crippen molar-refractivity contribution >= 4 is 5.97 Å². The molecule has 0 amide bonds. The Morgan fingerprint density at radius 2 is 2.50 bits per heavy atom. The fourth-order valence-corrected chi connectivity index (χ4v) is 0.381. The quantitative estimate of drug-likeness (QED) is 0.497. The van der Waals surface area contributed by atoms with Gasteiger partial charge in [-0.3, -0.25) is 0 Å². The molecule has 1 aromatic heterocycles. The van der Waals surface area contributed by atoms with Crippen molar-refractivity contribution < 1.29 is 14.3 Å². The van der Waals surface area contributed by atoms with E-state index < -0.39 is 5.97 Å². The van der Waals surface area contributed by atoms with Crippen LogP contribution in [0.2, 0.25) is 0 Å². The summed E-state index contributed by atoms with van der Waals surface area (Å²) in [5.41, 5.74) is 0.0741. The molecule has 8 heavy (non-hydrogen) atoms. The molecule has 42 valence electrons. The minimum atomic E-state index is -1.21. The van der Waals surface area contributed by atoms with Crippen LogP contribution in [0.15, 0.2) is 23.0 Å². The zero-order valence-corrected chi connectivity index (χ0v) is 3.96. The summed E-state index contributed by atoms with van der Waals surface area (Å²) in [5.74, 6) is -1.21. The Morgan fingerprint density at radius 3 is 2.75 bits per heavy atom. The maximum absolute atomic E-state index is 9.89. The summed E-state index contributed by atoms with van der Waals surface area (Å²) in [5, 5.41) is 9.89. The first-order valence-corrected chi connectivity index (χ1v) is 2.04. The number of carbonyl (C=O) groups excluding carboxylic acids is 1. The van der Waals surface area contributed by atoms with Crippen molar-refractivity contribution in [2.24, 2.45) is 0 Å². The zero-order chi connectivity index (χ0) is 5.98. The summed E-state index contributed by atoms with van der Waals surface area (Å²) in [6, 6.07) is 1.33. The third-order valence-electron chi connectivity index (χ3n) is 0.757. The van der Waals surface area contributed by atoms with Crippen LogP contribution < -0.4 is 5.11 Å². The topological polar surface area (TPSA) is 53.3 Å². The predicted octanol–water partition coefficient (Wildman–Crippen LogP) is -0.357. The number of hydrogen-bond donors (Lipinski definition) is 0. The van der Waals surface area contributed by atoms with Crippen LogP contribution in [-0.2, 0) is 0 Å². The van der Waals surface area contributed by atoms with Gasteiger partial charge < -0.3 is 14.3 Å². The van der Waals surface area contributed by atoms with E-state index >= 15 is 0 Å². The Morgan fingerprint density at radius 1 is 1.75 bits per heavy atom. The summed E-state index contributed by atoms with van der Waals surface area (Å²) < 4.78 is 4.45. The minimum absolute atomic E-state index is 0.0741. The second-order valence-corrected chi connectivity index (χ2v) is 1.30. The maximum atomic E-state index is 9.89. The molecule has 0 radical (unpaired) electrons. The highest BCUT2D eigenvalue weighted by Crippen LogP contribution is 1.95. The van der Waals surface area contributed by atoms with Crippen LogP contribution in [0.1, 0.15) is 10.4 Å². The van der Waals surface area contributed by atoms with Gasteiger partial charge in [-0.25, -0.2) is 0 Å². The van der Waals surface area contributed by atoms with Gasteiger partial charge in [-0.15, -0.1) is 0 Å². The lowest BCUT2D eigenvalue weighted by Gasteiger charge is -1.90. The Bertz CT molecular complexity index is 176. The van der Waals surface area contributed by atoms with Gasteiger partial charge >= 0.3 is 0 Å². The van der Waals surface area contributed by atoms with Gasteiger partial charge in [0.25, 0.3) is 0 Å². The van der Waals surface area contributed by atoms with Crippen LogP contribution in [-0.4, -0.2) is 5.97 Å². The number of furan rings is 1. The average molecular weight is 111 g/mol. The Balaban J connectivity index is 2.93. The van der Waals surface area contributed by atoms with Gasteiger partial charge in [-0.1, -0.05) is 0 Å². The summed E-state index contributed by atoms with van der Waals surface area (Å²) in [6.45, 7) is 0. The van der Waals surface area contributed by atoms with Crippen molar-refractivity contribution in [2.75, 3.05) is 0 Å². The van der Waals surface area contributed by atoms with Crippen LogP contribution in [0.3, 0.4) is 0 Å². The summed E-state index contributed by atoms with van der Waals surface area (Å²) in [4.78, 5) is 9.89. The van der Waals surface area contributed by atoms with Gasteiger partial charge in [0.1, 0.15) is 0 Å². The fraction of sp³-hybridized carbons (Fsp3) is 0. The molecule has 0 unspecified atom stereocenters. The minimum Gasteiger partial charge on any atom is -0.545 e. The Kier molecular flexibility index (Phi) is 1.04. The number of hydrogen-bond acceptors (Lipinski definition) is 3.